The first-order chi connectivity index (χ1) is 20.5. The lowest BCUT2D eigenvalue weighted by Gasteiger charge is -2.46. The number of anilines is 1. The van der Waals surface area contributed by atoms with Crippen LogP contribution in [0.3, 0.4) is 0 Å². The largest absolute Gasteiger partial charge is 0.395 e. The Hall–Kier alpha value is -3.20. The van der Waals surface area contributed by atoms with Crippen molar-refractivity contribution < 1.29 is 25.2 Å². The van der Waals surface area contributed by atoms with Crippen LogP contribution in [-0.4, -0.2) is 98.4 Å². The Morgan fingerprint density at radius 1 is 1.16 bits per heavy atom. The molecule has 2 fully saturated rings. The molecular formula is C30H42N8O5. The van der Waals surface area contributed by atoms with E-state index in [1.807, 2.05) is 32.0 Å². The van der Waals surface area contributed by atoms with Gasteiger partial charge in [0.1, 0.15) is 42.1 Å². The molecule has 1 unspecified atom stereocenters. The summed E-state index contributed by atoms with van der Waals surface area (Å²) in [6.45, 7) is 8.69. The molecule has 7 N–H and O–H groups in total. The maximum Gasteiger partial charge on any atom is 0.167 e. The topological polar surface area (TPSA) is 192 Å². The van der Waals surface area contributed by atoms with Gasteiger partial charge in [0.2, 0.25) is 0 Å². The van der Waals surface area contributed by atoms with E-state index in [0.29, 0.717) is 35.9 Å². The molecule has 4 aromatic rings. The molecule has 0 bridgehead atoms. The average molecular weight is 595 g/mol. The number of ether oxygens (including phenoxy) is 1. The van der Waals surface area contributed by atoms with Gasteiger partial charge in [-0.15, -0.1) is 0 Å². The second-order valence-electron chi connectivity index (χ2n) is 13.1. The third-order valence-corrected chi connectivity index (χ3v) is 9.28. The van der Waals surface area contributed by atoms with Gasteiger partial charge in [-0.1, -0.05) is 19.9 Å². The Balaban J connectivity index is 1.07. The van der Waals surface area contributed by atoms with Crippen LogP contribution < -0.4 is 5.73 Å². The quantitative estimate of drug-likeness (QED) is 0.157. The molecule has 4 heterocycles. The number of aromatic nitrogens is 6. The van der Waals surface area contributed by atoms with Crippen LogP contribution in [0.5, 0.6) is 0 Å². The molecule has 0 amide bonds. The van der Waals surface area contributed by atoms with E-state index in [9.17, 15) is 20.4 Å². The van der Waals surface area contributed by atoms with Crippen molar-refractivity contribution in [1.82, 2.24) is 34.4 Å². The first kappa shape index (κ1) is 29.9. The molecule has 1 aliphatic carbocycles. The second-order valence-corrected chi connectivity index (χ2v) is 13.1. The van der Waals surface area contributed by atoms with E-state index in [4.69, 9.17) is 10.5 Å². The summed E-state index contributed by atoms with van der Waals surface area (Å²) in [6, 6.07) is 6.35. The predicted molar refractivity (Wildman–Crippen MR) is 160 cm³/mol. The number of rotatable bonds is 10. The van der Waals surface area contributed by atoms with Gasteiger partial charge < -0.3 is 35.9 Å². The van der Waals surface area contributed by atoms with Gasteiger partial charge in [-0.25, -0.2) is 19.9 Å². The molecule has 2 aliphatic rings. The minimum absolute atomic E-state index is 0.0398. The summed E-state index contributed by atoms with van der Waals surface area (Å²) in [5, 5.41) is 42.6. The highest BCUT2D eigenvalue weighted by atomic mass is 16.6. The lowest BCUT2D eigenvalue weighted by atomic mass is 9.75. The van der Waals surface area contributed by atoms with Crippen molar-refractivity contribution in [2.75, 3.05) is 18.9 Å². The normalized spacial score (nSPS) is 27.0. The van der Waals surface area contributed by atoms with Crippen molar-refractivity contribution in [3.8, 4) is 0 Å². The third kappa shape index (κ3) is 5.49. The van der Waals surface area contributed by atoms with Crippen molar-refractivity contribution in [2.45, 2.75) is 95.1 Å². The Morgan fingerprint density at radius 3 is 2.65 bits per heavy atom. The number of hydrogen-bond acceptors (Lipinski definition) is 11. The Bertz CT molecular complexity index is 1580. The minimum Gasteiger partial charge on any atom is -0.395 e. The molecule has 1 saturated carbocycles. The number of imidazole rings is 2. The molecule has 1 aliphatic heterocycles. The third-order valence-electron chi connectivity index (χ3n) is 9.28. The summed E-state index contributed by atoms with van der Waals surface area (Å²) < 4.78 is 7.80. The SMILES string of the molecule is CC(C)N(C[C@H]1O[C@@H](n2cnc3c(N)ncnc32)[C@H](O)[C@@H]1O)C1CC(CC(O)c2nc3ccc(C(C)(C)CO)cc3[nH]2)C1. The zero-order valence-electron chi connectivity index (χ0n) is 25.0. The van der Waals surface area contributed by atoms with Crippen LogP contribution in [0, 0.1) is 5.92 Å². The van der Waals surface area contributed by atoms with Gasteiger partial charge in [0, 0.05) is 24.0 Å². The summed E-state index contributed by atoms with van der Waals surface area (Å²) in [7, 11) is 0. The zero-order chi connectivity index (χ0) is 30.6. The number of hydrogen-bond donors (Lipinski definition) is 6. The van der Waals surface area contributed by atoms with Crippen LogP contribution in [0.15, 0.2) is 30.9 Å². The van der Waals surface area contributed by atoms with Crippen LogP contribution in [0.2, 0.25) is 0 Å². The van der Waals surface area contributed by atoms with Gasteiger partial charge in [-0.05, 0) is 56.7 Å². The standard InChI is InChI=1S/C30H42N8O5/c1-15(2)37(11-22-24(41)25(42)29(43-22)38-14-34-23-26(31)32-13-33-28(23)38)18-7-16(8-18)9-21(40)27-35-19-6-5-17(10-20(19)36-27)30(3,4)12-39/h5-6,10,13-16,18,21-22,24-25,29,39-42H,7-9,11-12H2,1-4H3,(H,35,36)(H2,31,32,33)/t16?,18?,21?,22-,24-,25-,29-/m1/s1. The number of aromatic amines is 1. The van der Waals surface area contributed by atoms with Gasteiger partial charge in [0.25, 0.3) is 0 Å². The zero-order valence-corrected chi connectivity index (χ0v) is 25.0. The van der Waals surface area contributed by atoms with E-state index in [0.717, 1.165) is 29.4 Å². The van der Waals surface area contributed by atoms with E-state index >= 15 is 0 Å². The maximum absolute atomic E-state index is 11.0. The summed E-state index contributed by atoms with van der Waals surface area (Å²) in [5.74, 6) is 1.12. The van der Waals surface area contributed by atoms with Gasteiger partial charge >= 0.3 is 0 Å². The Labute approximate surface area is 249 Å². The number of nitrogen functional groups attached to an aromatic ring is 1. The van der Waals surface area contributed by atoms with Gasteiger partial charge in [0.05, 0.1) is 24.0 Å². The van der Waals surface area contributed by atoms with E-state index in [1.54, 1.807) is 4.57 Å². The number of aliphatic hydroxyl groups is 4. The van der Waals surface area contributed by atoms with Crippen LogP contribution >= 0.6 is 0 Å². The molecule has 0 radical (unpaired) electrons. The van der Waals surface area contributed by atoms with E-state index in [1.165, 1.54) is 12.7 Å². The van der Waals surface area contributed by atoms with Crippen molar-refractivity contribution in [2.24, 2.45) is 5.92 Å². The van der Waals surface area contributed by atoms with Crippen molar-refractivity contribution in [3.05, 3.63) is 42.2 Å². The molecule has 1 saturated heterocycles. The Morgan fingerprint density at radius 2 is 1.93 bits per heavy atom. The molecule has 0 spiro atoms. The Kier molecular flexibility index (Phi) is 7.90. The summed E-state index contributed by atoms with van der Waals surface area (Å²) in [4.78, 5) is 22.7. The minimum atomic E-state index is -1.16. The number of benzene rings is 1. The molecule has 232 valence electrons. The first-order valence-electron chi connectivity index (χ1n) is 15.0. The number of nitrogens with zero attached hydrogens (tertiary/aromatic N) is 6. The molecular weight excluding hydrogens is 552 g/mol. The smallest absolute Gasteiger partial charge is 0.167 e. The fourth-order valence-corrected chi connectivity index (χ4v) is 6.45. The fraction of sp³-hybridized carbons (Fsp3) is 0.600. The van der Waals surface area contributed by atoms with Crippen molar-refractivity contribution >= 4 is 28.0 Å². The fourth-order valence-electron chi connectivity index (χ4n) is 6.45. The van der Waals surface area contributed by atoms with Crippen LogP contribution in [0.1, 0.15) is 70.7 Å². The number of aliphatic hydroxyl groups excluding tert-OH is 4. The van der Waals surface area contributed by atoms with Gasteiger partial charge in [-0.2, -0.15) is 0 Å². The van der Waals surface area contributed by atoms with E-state index < -0.39 is 30.6 Å². The summed E-state index contributed by atoms with van der Waals surface area (Å²) in [5.41, 5.74) is 9.05. The summed E-state index contributed by atoms with van der Waals surface area (Å²) in [6.07, 6.45) is 0.814. The molecule has 13 nitrogen and oxygen atoms in total. The highest BCUT2D eigenvalue weighted by molar-refractivity contribution is 5.81. The van der Waals surface area contributed by atoms with Crippen molar-refractivity contribution in [3.63, 3.8) is 0 Å². The molecule has 6 rings (SSSR count). The van der Waals surface area contributed by atoms with Crippen LogP contribution in [0.4, 0.5) is 5.82 Å². The summed E-state index contributed by atoms with van der Waals surface area (Å²) >= 11 is 0. The monoisotopic (exact) mass is 594 g/mol. The molecule has 3 aromatic heterocycles. The number of fused-ring (bicyclic) bond motifs is 2. The number of nitrogens with two attached hydrogens (primary N) is 1. The molecule has 1 aromatic carbocycles. The number of H-pyrrole nitrogens is 1. The highest BCUT2D eigenvalue weighted by Gasteiger charge is 2.47. The van der Waals surface area contributed by atoms with Crippen LogP contribution in [0.25, 0.3) is 22.2 Å². The lowest BCUT2D eigenvalue weighted by Crippen LogP contribution is -2.52. The van der Waals surface area contributed by atoms with Crippen LogP contribution in [-0.2, 0) is 10.2 Å². The average Bonchev–Trinajstić information content (AvgIpc) is 3.66. The highest BCUT2D eigenvalue weighted by Crippen LogP contribution is 2.40. The predicted octanol–water partition coefficient (Wildman–Crippen LogP) is 1.79. The van der Waals surface area contributed by atoms with Crippen molar-refractivity contribution in [1.29, 1.82) is 0 Å². The molecule has 43 heavy (non-hydrogen) atoms. The lowest BCUT2D eigenvalue weighted by molar-refractivity contribution is -0.0640. The van der Waals surface area contributed by atoms with Gasteiger partial charge in [-0.3, -0.25) is 9.47 Å². The molecule has 5 atom stereocenters. The first-order valence-corrected chi connectivity index (χ1v) is 15.0. The van der Waals surface area contributed by atoms with E-state index in [2.05, 4.69) is 43.7 Å². The number of nitrogens with one attached hydrogen (secondary N) is 1. The maximum atomic E-state index is 11.0. The molecule has 13 heteroatoms. The second kappa shape index (κ2) is 11.4. The van der Waals surface area contributed by atoms with Gasteiger partial charge in [0.15, 0.2) is 17.7 Å². The van der Waals surface area contributed by atoms with E-state index in [-0.39, 0.29) is 29.9 Å².